The highest BCUT2D eigenvalue weighted by Gasteiger charge is 2.48. The maximum Gasteiger partial charge on any atom is 0.410 e. The van der Waals surface area contributed by atoms with E-state index < -0.39 is 0 Å². The molecule has 4 rings (SSSR count). The third-order valence-corrected chi connectivity index (χ3v) is 5.62. The van der Waals surface area contributed by atoms with Crippen LogP contribution < -0.4 is 0 Å². The molecular formula is C18H23ClN2O3. The van der Waals surface area contributed by atoms with Gasteiger partial charge in [-0.2, -0.15) is 0 Å². The lowest BCUT2D eigenvalue weighted by Crippen LogP contribution is -2.43. The Hall–Kier alpha value is -1.30. The van der Waals surface area contributed by atoms with Gasteiger partial charge in [0, 0.05) is 43.9 Å². The van der Waals surface area contributed by atoms with Crippen LogP contribution in [0.2, 0.25) is 5.02 Å². The summed E-state index contributed by atoms with van der Waals surface area (Å²) < 4.78 is 11.1. The van der Waals surface area contributed by atoms with E-state index in [4.69, 9.17) is 21.1 Å². The van der Waals surface area contributed by atoms with E-state index in [1.807, 2.05) is 29.2 Å². The van der Waals surface area contributed by atoms with Gasteiger partial charge in [0.15, 0.2) is 0 Å². The van der Waals surface area contributed by atoms with Gasteiger partial charge in [0.2, 0.25) is 0 Å². The summed E-state index contributed by atoms with van der Waals surface area (Å²) in [5.41, 5.74) is 1.15. The fourth-order valence-electron chi connectivity index (χ4n) is 4.08. The second kappa shape index (κ2) is 6.90. The van der Waals surface area contributed by atoms with Gasteiger partial charge in [0.25, 0.3) is 0 Å². The van der Waals surface area contributed by atoms with Crippen LogP contribution in [0.4, 0.5) is 4.79 Å². The summed E-state index contributed by atoms with van der Waals surface area (Å²) in [4.78, 5) is 16.6. The number of benzene rings is 1. The molecule has 0 aliphatic carbocycles. The zero-order valence-electron chi connectivity index (χ0n) is 13.7. The predicted octanol–water partition coefficient (Wildman–Crippen LogP) is 2.57. The summed E-state index contributed by atoms with van der Waals surface area (Å²) in [6, 6.07) is 8.58. The molecule has 3 fully saturated rings. The molecule has 0 saturated carbocycles. The molecule has 24 heavy (non-hydrogen) atoms. The molecule has 130 valence electrons. The maximum atomic E-state index is 12.2. The third-order valence-electron chi connectivity index (χ3n) is 5.39. The molecule has 1 aromatic rings. The van der Waals surface area contributed by atoms with Crippen LogP contribution in [0.15, 0.2) is 24.3 Å². The van der Waals surface area contributed by atoms with E-state index in [0.29, 0.717) is 12.6 Å². The molecule has 1 aromatic carbocycles. The van der Waals surface area contributed by atoms with Gasteiger partial charge >= 0.3 is 6.09 Å². The van der Waals surface area contributed by atoms with E-state index in [-0.39, 0.29) is 18.2 Å². The Labute approximate surface area is 147 Å². The van der Waals surface area contributed by atoms with Gasteiger partial charge in [0.1, 0.15) is 6.10 Å². The number of carbonyl (C=O) groups is 1. The molecule has 3 saturated heterocycles. The highest BCUT2D eigenvalue weighted by Crippen LogP contribution is 2.30. The molecule has 2 atom stereocenters. The highest BCUT2D eigenvalue weighted by molar-refractivity contribution is 6.30. The monoisotopic (exact) mass is 350 g/mol. The SMILES string of the molecule is O=C1O[C@@H]2CN(C3CCOCC3)C[C@@H]2N1CCc1cccc(Cl)c1. The van der Waals surface area contributed by atoms with Gasteiger partial charge in [-0.25, -0.2) is 4.79 Å². The molecule has 3 heterocycles. The zero-order valence-corrected chi connectivity index (χ0v) is 14.5. The van der Waals surface area contributed by atoms with Gasteiger partial charge in [-0.3, -0.25) is 9.80 Å². The second-order valence-corrected chi connectivity index (χ2v) is 7.30. The van der Waals surface area contributed by atoms with Crippen LogP contribution in [0.3, 0.4) is 0 Å². The van der Waals surface area contributed by atoms with Crippen molar-refractivity contribution < 1.29 is 14.3 Å². The Balaban J connectivity index is 1.38. The molecule has 5 nitrogen and oxygen atoms in total. The minimum absolute atomic E-state index is 0.0136. The molecule has 0 aromatic heterocycles. The minimum atomic E-state index is -0.168. The van der Waals surface area contributed by atoms with Crippen molar-refractivity contribution in [2.24, 2.45) is 0 Å². The molecule has 0 unspecified atom stereocenters. The lowest BCUT2D eigenvalue weighted by atomic mass is 10.1. The van der Waals surface area contributed by atoms with Gasteiger partial charge < -0.3 is 9.47 Å². The zero-order chi connectivity index (χ0) is 16.5. The average Bonchev–Trinajstić information content (AvgIpc) is 3.11. The van der Waals surface area contributed by atoms with E-state index in [0.717, 1.165) is 56.2 Å². The predicted molar refractivity (Wildman–Crippen MR) is 91.3 cm³/mol. The number of hydrogen-bond donors (Lipinski definition) is 0. The largest absolute Gasteiger partial charge is 0.442 e. The Kier molecular flexibility index (Phi) is 4.66. The Morgan fingerprint density at radius 1 is 1.21 bits per heavy atom. The molecule has 3 aliphatic rings. The smallest absolute Gasteiger partial charge is 0.410 e. The Bertz CT molecular complexity index is 606. The number of rotatable bonds is 4. The van der Waals surface area contributed by atoms with Crippen molar-refractivity contribution in [1.82, 2.24) is 9.80 Å². The number of likely N-dealkylation sites (tertiary alicyclic amines) is 1. The van der Waals surface area contributed by atoms with Crippen molar-refractivity contribution >= 4 is 17.7 Å². The number of hydrogen-bond acceptors (Lipinski definition) is 4. The van der Waals surface area contributed by atoms with Gasteiger partial charge in [-0.1, -0.05) is 23.7 Å². The average molecular weight is 351 g/mol. The van der Waals surface area contributed by atoms with Crippen molar-refractivity contribution in [3.8, 4) is 0 Å². The first-order valence-electron chi connectivity index (χ1n) is 8.74. The lowest BCUT2D eigenvalue weighted by Gasteiger charge is -2.32. The standard InChI is InChI=1S/C18H23ClN2O3/c19-14-3-1-2-13(10-14)4-7-21-16-11-20(12-17(16)24-18(21)22)15-5-8-23-9-6-15/h1-3,10,15-17H,4-9,11-12H2/t16-,17+/m0/s1. The molecular weight excluding hydrogens is 328 g/mol. The quantitative estimate of drug-likeness (QED) is 0.837. The number of nitrogens with zero attached hydrogens (tertiary/aromatic N) is 2. The topological polar surface area (TPSA) is 42.0 Å². The minimum Gasteiger partial charge on any atom is -0.442 e. The van der Waals surface area contributed by atoms with E-state index >= 15 is 0 Å². The summed E-state index contributed by atoms with van der Waals surface area (Å²) in [5.74, 6) is 0. The number of fused-ring (bicyclic) bond motifs is 1. The first-order valence-corrected chi connectivity index (χ1v) is 9.12. The van der Waals surface area contributed by atoms with Crippen LogP contribution in [0.5, 0.6) is 0 Å². The lowest BCUT2D eigenvalue weighted by molar-refractivity contribution is 0.0333. The van der Waals surface area contributed by atoms with Crippen LogP contribution in [-0.2, 0) is 15.9 Å². The molecule has 1 amide bonds. The van der Waals surface area contributed by atoms with Crippen LogP contribution in [0, 0.1) is 0 Å². The van der Waals surface area contributed by atoms with Crippen LogP contribution in [-0.4, -0.2) is 66.9 Å². The van der Waals surface area contributed by atoms with E-state index in [2.05, 4.69) is 4.90 Å². The second-order valence-electron chi connectivity index (χ2n) is 6.86. The van der Waals surface area contributed by atoms with Gasteiger partial charge in [-0.15, -0.1) is 0 Å². The van der Waals surface area contributed by atoms with Crippen molar-refractivity contribution in [1.29, 1.82) is 0 Å². The molecule has 3 aliphatic heterocycles. The summed E-state index contributed by atoms with van der Waals surface area (Å²) in [7, 11) is 0. The number of amides is 1. The van der Waals surface area contributed by atoms with E-state index in [1.54, 1.807) is 0 Å². The molecule has 0 N–H and O–H groups in total. The molecule has 0 spiro atoms. The van der Waals surface area contributed by atoms with Gasteiger partial charge in [-0.05, 0) is 37.0 Å². The van der Waals surface area contributed by atoms with Crippen molar-refractivity contribution in [2.45, 2.75) is 37.5 Å². The van der Waals surface area contributed by atoms with E-state index in [1.165, 1.54) is 0 Å². The van der Waals surface area contributed by atoms with Crippen molar-refractivity contribution in [2.75, 3.05) is 32.8 Å². The number of ether oxygens (including phenoxy) is 2. The summed E-state index contributed by atoms with van der Waals surface area (Å²) in [6.07, 6.45) is 2.81. The van der Waals surface area contributed by atoms with Crippen molar-refractivity contribution in [3.05, 3.63) is 34.9 Å². The fourth-order valence-corrected chi connectivity index (χ4v) is 4.29. The summed E-state index contributed by atoms with van der Waals surface area (Å²) >= 11 is 6.04. The third kappa shape index (κ3) is 3.25. The highest BCUT2D eigenvalue weighted by atomic mass is 35.5. The van der Waals surface area contributed by atoms with Crippen LogP contribution in [0.1, 0.15) is 18.4 Å². The first-order chi connectivity index (χ1) is 11.7. The molecule has 0 bridgehead atoms. The van der Waals surface area contributed by atoms with Crippen LogP contribution >= 0.6 is 11.6 Å². The summed E-state index contributed by atoms with van der Waals surface area (Å²) in [5, 5.41) is 0.737. The molecule has 6 heteroatoms. The molecule has 0 radical (unpaired) electrons. The fraction of sp³-hybridized carbons (Fsp3) is 0.611. The Morgan fingerprint density at radius 3 is 2.83 bits per heavy atom. The van der Waals surface area contributed by atoms with Crippen molar-refractivity contribution in [3.63, 3.8) is 0 Å². The number of halogens is 1. The normalized spacial score (nSPS) is 28.2. The van der Waals surface area contributed by atoms with Gasteiger partial charge in [0.05, 0.1) is 6.04 Å². The van der Waals surface area contributed by atoms with Crippen LogP contribution in [0.25, 0.3) is 0 Å². The summed E-state index contributed by atoms with van der Waals surface area (Å²) in [6.45, 7) is 4.14. The Morgan fingerprint density at radius 2 is 2.04 bits per heavy atom. The maximum absolute atomic E-state index is 12.2. The number of carbonyl (C=O) groups excluding carboxylic acids is 1. The van der Waals surface area contributed by atoms with E-state index in [9.17, 15) is 4.79 Å². The first kappa shape index (κ1) is 16.2.